The molecule has 15 heavy (non-hydrogen) atoms. The van der Waals surface area contributed by atoms with Gasteiger partial charge < -0.3 is 13.8 Å². The Bertz CT molecular complexity index is 264. The minimum Gasteiger partial charge on any atom is -0.469 e. The molecule has 0 aliphatic rings. The summed E-state index contributed by atoms with van der Waals surface area (Å²) in [6, 6.07) is 0. The summed E-state index contributed by atoms with van der Waals surface area (Å²) in [5, 5.41) is 0.123. The highest BCUT2D eigenvalue weighted by atomic mass is 31.2. The third-order valence-corrected chi connectivity index (χ3v) is 3.69. The van der Waals surface area contributed by atoms with Gasteiger partial charge in [0.2, 0.25) is 0 Å². The van der Waals surface area contributed by atoms with Gasteiger partial charge in [-0.15, -0.1) is 0 Å². The van der Waals surface area contributed by atoms with Crippen LogP contribution in [0.4, 0.5) is 0 Å². The number of methoxy groups -OCH3 is 1. The largest absolute Gasteiger partial charge is 0.469 e. The Morgan fingerprint density at radius 1 is 1.27 bits per heavy atom. The first kappa shape index (κ1) is 14.4. The van der Waals surface area contributed by atoms with Crippen molar-refractivity contribution in [3.05, 3.63) is 11.9 Å². The molecule has 0 bridgehead atoms. The maximum Gasteiger partial charge on any atom is 0.357 e. The second-order valence-electron chi connectivity index (χ2n) is 2.65. The van der Waals surface area contributed by atoms with Crippen molar-refractivity contribution in [2.75, 3.05) is 20.3 Å². The van der Waals surface area contributed by atoms with E-state index in [4.69, 9.17) is 9.05 Å². The van der Waals surface area contributed by atoms with Crippen LogP contribution in [-0.2, 0) is 23.1 Å². The summed E-state index contributed by atoms with van der Waals surface area (Å²) in [6.45, 7) is 7.39. The molecule has 0 saturated carbocycles. The summed E-state index contributed by atoms with van der Waals surface area (Å²) in [6.07, 6.45) is -0.159. The molecule has 0 aromatic rings. The first-order valence-electron chi connectivity index (χ1n) is 4.64. The first-order valence-corrected chi connectivity index (χ1v) is 6.18. The summed E-state index contributed by atoms with van der Waals surface area (Å²) in [7, 11) is -2.12. The van der Waals surface area contributed by atoms with Crippen molar-refractivity contribution in [3.63, 3.8) is 0 Å². The molecule has 0 saturated heterocycles. The highest BCUT2D eigenvalue weighted by Crippen LogP contribution is 2.56. The molecule has 0 aliphatic carbocycles. The lowest BCUT2D eigenvalue weighted by Crippen LogP contribution is -2.05. The fourth-order valence-electron chi connectivity index (χ4n) is 0.895. The van der Waals surface area contributed by atoms with Crippen LogP contribution in [0, 0.1) is 0 Å². The van der Waals surface area contributed by atoms with Crippen molar-refractivity contribution in [3.8, 4) is 0 Å². The van der Waals surface area contributed by atoms with Gasteiger partial charge in [0.05, 0.1) is 26.7 Å². The lowest BCUT2D eigenvalue weighted by Gasteiger charge is -2.18. The van der Waals surface area contributed by atoms with Crippen LogP contribution in [0.25, 0.3) is 0 Å². The van der Waals surface area contributed by atoms with Crippen molar-refractivity contribution in [1.82, 2.24) is 0 Å². The van der Waals surface area contributed by atoms with Crippen LogP contribution >= 0.6 is 7.60 Å². The fraction of sp³-hybridized carbons (Fsp3) is 0.667. The summed E-state index contributed by atoms with van der Waals surface area (Å²) < 4.78 is 26.5. The zero-order valence-corrected chi connectivity index (χ0v) is 10.2. The Morgan fingerprint density at radius 3 is 2.07 bits per heavy atom. The van der Waals surface area contributed by atoms with E-state index >= 15 is 0 Å². The Balaban J connectivity index is 4.55. The number of carbonyl (C=O) groups is 1. The summed E-state index contributed by atoms with van der Waals surface area (Å²) in [5.74, 6) is -0.514. The SMILES string of the molecule is C=C(CC(=O)OC)P(=O)(OCC)OCC. The highest BCUT2D eigenvalue weighted by Gasteiger charge is 2.29. The van der Waals surface area contributed by atoms with Crippen molar-refractivity contribution in [2.45, 2.75) is 20.3 Å². The third-order valence-electron chi connectivity index (χ3n) is 1.56. The van der Waals surface area contributed by atoms with Crippen LogP contribution in [0.2, 0.25) is 0 Å². The van der Waals surface area contributed by atoms with E-state index in [1.54, 1.807) is 13.8 Å². The van der Waals surface area contributed by atoms with Crippen LogP contribution < -0.4 is 0 Å². The van der Waals surface area contributed by atoms with E-state index in [1.165, 1.54) is 7.11 Å². The molecule has 0 unspecified atom stereocenters. The van der Waals surface area contributed by atoms with Crippen LogP contribution in [-0.4, -0.2) is 26.3 Å². The molecule has 6 heteroatoms. The first-order chi connectivity index (χ1) is 7.00. The van der Waals surface area contributed by atoms with Crippen LogP contribution in [0.3, 0.4) is 0 Å². The monoisotopic (exact) mass is 236 g/mol. The zero-order valence-electron chi connectivity index (χ0n) is 9.32. The Morgan fingerprint density at radius 2 is 1.73 bits per heavy atom. The van der Waals surface area contributed by atoms with Crippen molar-refractivity contribution in [1.29, 1.82) is 0 Å². The quantitative estimate of drug-likeness (QED) is 0.501. The molecular weight excluding hydrogens is 219 g/mol. The molecule has 0 aromatic heterocycles. The molecule has 0 atom stereocenters. The van der Waals surface area contributed by atoms with Crippen LogP contribution in [0.5, 0.6) is 0 Å². The second kappa shape index (κ2) is 6.77. The maximum absolute atomic E-state index is 12.0. The van der Waals surface area contributed by atoms with Crippen molar-refractivity contribution in [2.24, 2.45) is 0 Å². The van der Waals surface area contributed by atoms with Gasteiger partial charge in [-0.2, -0.15) is 0 Å². The molecule has 0 radical (unpaired) electrons. The number of ether oxygens (including phenoxy) is 1. The number of carbonyl (C=O) groups excluding carboxylic acids is 1. The molecule has 0 spiro atoms. The van der Waals surface area contributed by atoms with E-state index in [0.717, 1.165) is 0 Å². The van der Waals surface area contributed by atoms with E-state index in [9.17, 15) is 9.36 Å². The van der Waals surface area contributed by atoms with Gasteiger partial charge in [-0.05, 0) is 13.8 Å². The summed E-state index contributed by atoms with van der Waals surface area (Å²) in [4.78, 5) is 11.0. The van der Waals surface area contributed by atoms with E-state index in [0.29, 0.717) is 0 Å². The zero-order chi connectivity index (χ0) is 11.9. The smallest absolute Gasteiger partial charge is 0.357 e. The van der Waals surface area contributed by atoms with Gasteiger partial charge in [-0.25, -0.2) is 0 Å². The van der Waals surface area contributed by atoms with Gasteiger partial charge in [0.1, 0.15) is 0 Å². The summed E-state index contributed by atoms with van der Waals surface area (Å²) in [5.41, 5.74) is 0. The number of hydrogen-bond acceptors (Lipinski definition) is 5. The molecule has 88 valence electrons. The predicted molar refractivity (Wildman–Crippen MR) is 56.6 cm³/mol. The van der Waals surface area contributed by atoms with E-state index < -0.39 is 13.6 Å². The third kappa shape index (κ3) is 4.60. The summed E-state index contributed by atoms with van der Waals surface area (Å²) >= 11 is 0. The van der Waals surface area contributed by atoms with Gasteiger partial charge in [0.25, 0.3) is 0 Å². The lowest BCUT2D eigenvalue weighted by molar-refractivity contribution is -0.139. The molecule has 0 N–H and O–H groups in total. The Labute approximate surface area is 89.9 Å². The average molecular weight is 236 g/mol. The minimum absolute atomic E-state index is 0.123. The van der Waals surface area contributed by atoms with Crippen LogP contribution in [0.15, 0.2) is 11.9 Å². The highest BCUT2D eigenvalue weighted by molar-refractivity contribution is 7.58. The van der Waals surface area contributed by atoms with Crippen LogP contribution in [0.1, 0.15) is 20.3 Å². The molecule has 0 amide bonds. The molecule has 0 aromatic carbocycles. The number of rotatable bonds is 7. The molecule has 0 fully saturated rings. The lowest BCUT2D eigenvalue weighted by atomic mass is 10.4. The predicted octanol–water partition coefficient (Wildman–Crippen LogP) is 2.33. The number of hydrogen-bond donors (Lipinski definition) is 0. The Hall–Kier alpha value is -0.640. The van der Waals surface area contributed by atoms with E-state index in [2.05, 4.69) is 11.3 Å². The molecule has 0 aliphatic heterocycles. The molecule has 0 rings (SSSR count). The van der Waals surface area contributed by atoms with Gasteiger partial charge >= 0.3 is 13.6 Å². The topological polar surface area (TPSA) is 61.8 Å². The molecular formula is C9H17O5P. The van der Waals surface area contributed by atoms with Gasteiger partial charge in [-0.1, -0.05) is 6.58 Å². The molecule has 5 nitrogen and oxygen atoms in total. The second-order valence-corrected chi connectivity index (χ2v) is 4.80. The van der Waals surface area contributed by atoms with E-state index in [1.807, 2.05) is 0 Å². The average Bonchev–Trinajstić information content (AvgIpc) is 2.18. The van der Waals surface area contributed by atoms with Crippen molar-refractivity contribution < 1.29 is 23.1 Å². The molecule has 0 heterocycles. The fourth-order valence-corrected chi connectivity index (χ4v) is 2.34. The Kier molecular flexibility index (Phi) is 6.48. The van der Waals surface area contributed by atoms with Crippen molar-refractivity contribution >= 4 is 13.6 Å². The van der Waals surface area contributed by atoms with E-state index in [-0.39, 0.29) is 24.9 Å². The standard InChI is InChI=1S/C9H17O5P/c1-5-13-15(11,14-6-2)8(3)7-9(10)12-4/h3,5-7H2,1-2,4H3. The minimum atomic E-state index is -3.37. The maximum atomic E-state index is 12.0. The van der Waals surface area contributed by atoms with Gasteiger partial charge in [-0.3, -0.25) is 9.36 Å². The normalized spacial score (nSPS) is 11.1. The number of esters is 1. The van der Waals surface area contributed by atoms with Gasteiger partial charge in [0, 0.05) is 5.31 Å². The van der Waals surface area contributed by atoms with Gasteiger partial charge in [0.15, 0.2) is 0 Å².